The number of benzene rings is 3. The van der Waals surface area contributed by atoms with Gasteiger partial charge in [0.1, 0.15) is 16.8 Å². The van der Waals surface area contributed by atoms with E-state index in [4.69, 9.17) is 23.0 Å². The Kier molecular flexibility index (Phi) is 4.32. The zero-order valence-corrected chi connectivity index (χ0v) is 16.8. The second-order valence-corrected chi connectivity index (χ2v) is 6.72. The highest BCUT2D eigenvalue weighted by Gasteiger charge is 2.24. The largest absolute Gasteiger partial charge is 0.497 e. The van der Waals surface area contributed by atoms with Gasteiger partial charge in [-0.05, 0) is 35.9 Å². The minimum absolute atomic E-state index is 0.413. The molecule has 30 heavy (non-hydrogen) atoms. The van der Waals surface area contributed by atoms with E-state index in [9.17, 15) is 0 Å². The van der Waals surface area contributed by atoms with E-state index >= 15 is 0 Å². The Hall–Kier alpha value is -3.93. The van der Waals surface area contributed by atoms with Crippen LogP contribution in [-0.2, 0) is 0 Å². The lowest BCUT2D eigenvalue weighted by atomic mass is 10.0. The molecule has 0 unspecified atom stereocenters. The molecular weight excluding hydrogens is 382 g/mol. The number of aromatic nitrogens is 1. The number of hydrogen-bond donors (Lipinski definition) is 0. The van der Waals surface area contributed by atoms with E-state index in [0.29, 0.717) is 34.3 Å². The van der Waals surface area contributed by atoms with Crippen LogP contribution in [0.1, 0.15) is 0 Å². The molecule has 0 amide bonds. The summed E-state index contributed by atoms with van der Waals surface area (Å²) in [5.41, 5.74) is 3.92. The molecule has 0 radical (unpaired) electrons. The third kappa shape index (κ3) is 2.85. The van der Waals surface area contributed by atoms with Crippen LogP contribution in [0.5, 0.6) is 17.2 Å². The van der Waals surface area contributed by atoms with Crippen molar-refractivity contribution < 1.29 is 23.0 Å². The van der Waals surface area contributed by atoms with Gasteiger partial charge < -0.3 is 23.0 Å². The zero-order chi connectivity index (χ0) is 20.7. The summed E-state index contributed by atoms with van der Waals surface area (Å²) in [4.78, 5) is 4.64. The monoisotopic (exact) mass is 401 g/mol. The highest BCUT2D eigenvalue weighted by atomic mass is 16.5. The first kappa shape index (κ1) is 18.1. The van der Waals surface area contributed by atoms with Crippen molar-refractivity contribution in [2.75, 3.05) is 21.3 Å². The Bertz CT molecular complexity index is 1310. The average Bonchev–Trinajstić information content (AvgIpc) is 3.39. The summed E-state index contributed by atoms with van der Waals surface area (Å²) in [7, 11) is 4.85. The van der Waals surface area contributed by atoms with E-state index in [0.717, 1.165) is 27.8 Å². The van der Waals surface area contributed by atoms with Crippen LogP contribution in [0.3, 0.4) is 0 Å². The molecule has 6 nitrogen and oxygen atoms in total. The van der Waals surface area contributed by atoms with Crippen molar-refractivity contribution in [3.05, 3.63) is 60.7 Å². The molecule has 0 bridgehead atoms. The van der Waals surface area contributed by atoms with Gasteiger partial charge in [-0.25, -0.2) is 4.98 Å². The summed E-state index contributed by atoms with van der Waals surface area (Å²) >= 11 is 0. The van der Waals surface area contributed by atoms with Crippen LogP contribution < -0.4 is 14.2 Å². The molecule has 0 saturated heterocycles. The first-order valence-corrected chi connectivity index (χ1v) is 9.40. The second-order valence-electron chi connectivity index (χ2n) is 6.72. The van der Waals surface area contributed by atoms with Crippen molar-refractivity contribution >= 4 is 22.1 Å². The molecule has 0 saturated carbocycles. The number of ether oxygens (including phenoxy) is 3. The van der Waals surface area contributed by atoms with Crippen LogP contribution in [0.25, 0.3) is 44.8 Å². The molecule has 3 aromatic carbocycles. The van der Waals surface area contributed by atoms with E-state index in [1.807, 2.05) is 60.7 Å². The highest BCUT2D eigenvalue weighted by molar-refractivity contribution is 6.02. The van der Waals surface area contributed by atoms with Crippen LogP contribution >= 0.6 is 0 Å². The summed E-state index contributed by atoms with van der Waals surface area (Å²) in [6.07, 6.45) is 0. The Morgan fingerprint density at radius 3 is 2.17 bits per heavy atom. The number of methoxy groups -OCH3 is 3. The maximum absolute atomic E-state index is 6.24. The average molecular weight is 401 g/mol. The Balaban J connectivity index is 1.81. The van der Waals surface area contributed by atoms with Gasteiger partial charge in [0.15, 0.2) is 22.8 Å². The molecular formula is C24H19NO5. The molecule has 0 aliphatic rings. The summed E-state index contributed by atoms with van der Waals surface area (Å²) in [5.74, 6) is 2.93. The van der Waals surface area contributed by atoms with Crippen molar-refractivity contribution in [1.29, 1.82) is 0 Å². The van der Waals surface area contributed by atoms with Crippen LogP contribution in [0.2, 0.25) is 0 Å². The molecule has 5 aromatic rings. The van der Waals surface area contributed by atoms with Crippen LogP contribution in [0, 0.1) is 0 Å². The second kappa shape index (κ2) is 7.15. The standard InChI is InChI=1S/C24H19NO5/c1-26-15-10-8-14(9-11-15)22-16-12-20(27-2)21(28-3)13-19(16)29-23(22)24-25-17-6-4-5-7-18(17)30-24/h4-13H,1-3H3. The summed E-state index contributed by atoms with van der Waals surface area (Å²) in [6, 6.07) is 19.1. The molecule has 5 rings (SSSR count). The van der Waals surface area contributed by atoms with Crippen LogP contribution in [0.4, 0.5) is 0 Å². The lowest BCUT2D eigenvalue weighted by Crippen LogP contribution is -1.90. The first-order valence-electron chi connectivity index (χ1n) is 9.40. The molecule has 2 aromatic heterocycles. The maximum Gasteiger partial charge on any atom is 0.264 e. The van der Waals surface area contributed by atoms with Crippen molar-refractivity contribution in [3.8, 4) is 40.0 Å². The van der Waals surface area contributed by atoms with Gasteiger partial charge >= 0.3 is 0 Å². The van der Waals surface area contributed by atoms with Crippen molar-refractivity contribution in [2.24, 2.45) is 0 Å². The summed E-state index contributed by atoms with van der Waals surface area (Å²) in [6.45, 7) is 0. The first-order chi connectivity index (χ1) is 14.7. The van der Waals surface area contributed by atoms with Crippen molar-refractivity contribution in [2.45, 2.75) is 0 Å². The quantitative estimate of drug-likeness (QED) is 0.363. The molecule has 0 spiro atoms. The van der Waals surface area contributed by atoms with E-state index in [2.05, 4.69) is 4.98 Å². The van der Waals surface area contributed by atoms with Crippen molar-refractivity contribution in [1.82, 2.24) is 4.98 Å². The molecule has 0 aliphatic heterocycles. The predicted molar refractivity (Wildman–Crippen MR) is 114 cm³/mol. The Morgan fingerprint density at radius 2 is 1.47 bits per heavy atom. The molecule has 0 atom stereocenters. The molecule has 0 fully saturated rings. The molecule has 0 aliphatic carbocycles. The Labute approximate surface area is 172 Å². The van der Waals surface area contributed by atoms with Gasteiger partial charge in [0.25, 0.3) is 5.89 Å². The SMILES string of the molecule is COc1ccc(-c2c(-c3nc4ccccc4o3)oc3cc(OC)c(OC)cc23)cc1. The molecule has 0 N–H and O–H groups in total. The van der Waals surface area contributed by atoms with E-state index in [1.54, 1.807) is 21.3 Å². The minimum atomic E-state index is 0.413. The van der Waals surface area contributed by atoms with E-state index in [-0.39, 0.29) is 0 Å². The number of furan rings is 1. The molecule has 2 heterocycles. The molecule has 150 valence electrons. The maximum atomic E-state index is 6.24. The smallest absolute Gasteiger partial charge is 0.264 e. The van der Waals surface area contributed by atoms with Gasteiger partial charge in [0.2, 0.25) is 0 Å². The lowest BCUT2D eigenvalue weighted by Gasteiger charge is -2.08. The zero-order valence-electron chi connectivity index (χ0n) is 16.8. The normalized spacial score (nSPS) is 11.2. The van der Waals surface area contributed by atoms with Gasteiger partial charge in [-0.1, -0.05) is 24.3 Å². The van der Waals surface area contributed by atoms with Gasteiger partial charge in [0.05, 0.1) is 21.3 Å². The highest BCUT2D eigenvalue weighted by Crippen LogP contribution is 2.45. The van der Waals surface area contributed by atoms with Crippen molar-refractivity contribution in [3.63, 3.8) is 0 Å². The number of oxazole rings is 1. The Morgan fingerprint density at radius 1 is 0.733 bits per heavy atom. The third-order valence-corrected chi connectivity index (χ3v) is 5.06. The molecule has 6 heteroatoms. The van der Waals surface area contributed by atoms with Crippen LogP contribution in [0.15, 0.2) is 69.5 Å². The fourth-order valence-electron chi connectivity index (χ4n) is 3.59. The number of rotatable bonds is 5. The minimum Gasteiger partial charge on any atom is -0.497 e. The third-order valence-electron chi connectivity index (χ3n) is 5.06. The van der Waals surface area contributed by atoms with E-state index < -0.39 is 0 Å². The fraction of sp³-hybridized carbons (Fsp3) is 0.125. The summed E-state index contributed by atoms with van der Waals surface area (Å²) in [5, 5.41) is 0.870. The number of hydrogen-bond acceptors (Lipinski definition) is 6. The van der Waals surface area contributed by atoms with Gasteiger partial charge in [-0.15, -0.1) is 0 Å². The number of para-hydroxylation sites is 2. The summed E-state index contributed by atoms with van der Waals surface area (Å²) < 4.78 is 28.5. The van der Waals surface area contributed by atoms with Crippen LogP contribution in [-0.4, -0.2) is 26.3 Å². The van der Waals surface area contributed by atoms with Gasteiger partial charge in [-0.2, -0.15) is 0 Å². The predicted octanol–water partition coefficient (Wildman–Crippen LogP) is 5.93. The number of fused-ring (bicyclic) bond motifs is 2. The fourth-order valence-corrected chi connectivity index (χ4v) is 3.59. The lowest BCUT2D eigenvalue weighted by molar-refractivity contribution is 0.355. The topological polar surface area (TPSA) is 66.9 Å². The van der Waals surface area contributed by atoms with E-state index in [1.165, 1.54) is 0 Å². The van der Waals surface area contributed by atoms with Gasteiger partial charge in [-0.3, -0.25) is 0 Å². The number of nitrogens with zero attached hydrogens (tertiary/aromatic N) is 1. The van der Waals surface area contributed by atoms with Gasteiger partial charge in [0, 0.05) is 17.0 Å².